The van der Waals surface area contributed by atoms with Gasteiger partial charge in [0.1, 0.15) is 5.03 Å². The van der Waals surface area contributed by atoms with Crippen LogP contribution in [-0.2, 0) is 0 Å². The second-order valence-corrected chi connectivity index (χ2v) is 8.20. The molecule has 0 saturated carbocycles. The van der Waals surface area contributed by atoms with Gasteiger partial charge in [-0.15, -0.1) is 0 Å². The van der Waals surface area contributed by atoms with E-state index in [1.165, 1.54) is 10.5 Å². The SMILES string of the molecule is Cc1ccc(Sc2nc3ccccc3cc2C=Nc2ccc(Br)cc2)cc1. The minimum absolute atomic E-state index is 0.914. The Morgan fingerprint density at radius 3 is 2.44 bits per heavy atom. The molecule has 1 heterocycles. The quantitative estimate of drug-likeness (QED) is 0.318. The van der Waals surface area contributed by atoms with Crippen molar-refractivity contribution >= 4 is 50.5 Å². The van der Waals surface area contributed by atoms with E-state index in [-0.39, 0.29) is 0 Å². The molecule has 0 amide bonds. The van der Waals surface area contributed by atoms with E-state index in [0.717, 1.165) is 31.7 Å². The number of benzene rings is 3. The highest BCUT2D eigenvalue weighted by atomic mass is 79.9. The number of aliphatic imine (C=N–C) groups is 1. The molecule has 27 heavy (non-hydrogen) atoms. The van der Waals surface area contributed by atoms with Crippen LogP contribution in [0, 0.1) is 6.92 Å². The van der Waals surface area contributed by atoms with Gasteiger partial charge >= 0.3 is 0 Å². The molecule has 0 aliphatic rings. The van der Waals surface area contributed by atoms with E-state index in [4.69, 9.17) is 4.98 Å². The summed E-state index contributed by atoms with van der Waals surface area (Å²) in [6.45, 7) is 2.10. The van der Waals surface area contributed by atoms with Gasteiger partial charge in [0.15, 0.2) is 0 Å². The summed E-state index contributed by atoms with van der Waals surface area (Å²) < 4.78 is 1.05. The van der Waals surface area contributed by atoms with E-state index >= 15 is 0 Å². The van der Waals surface area contributed by atoms with Crippen LogP contribution in [0.25, 0.3) is 10.9 Å². The van der Waals surface area contributed by atoms with Crippen molar-refractivity contribution in [3.63, 3.8) is 0 Å². The fourth-order valence-corrected chi connectivity index (χ4v) is 3.81. The maximum atomic E-state index is 4.88. The normalized spacial score (nSPS) is 11.3. The minimum Gasteiger partial charge on any atom is -0.256 e. The number of fused-ring (bicyclic) bond motifs is 1. The van der Waals surface area contributed by atoms with Crippen LogP contribution in [0.15, 0.2) is 98.2 Å². The smallest absolute Gasteiger partial charge is 0.110 e. The first-order chi connectivity index (χ1) is 13.2. The number of rotatable bonds is 4. The molecule has 0 unspecified atom stereocenters. The molecule has 4 aromatic rings. The Morgan fingerprint density at radius 1 is 0.926 bits per heavy atom. The zero-order chi connectivity index (χ0) is 18.6. The van der Waals surface area contributed by atoms with Gasteiger partial charge in [0.25, 0.3) is 0 Å². The van der Waals surface area contributed by atoms with Gasteiger partial charge in [-0.05, 0) is 55.5 Å². The number of pyridine rings is 1. The second kappa shape index (κ2) is 8.07. The molecule has 0 saturated heterocycles. The molecule has 3 aromatic carbocycles. The number of hydrogen-bond acceptors (Lipinski definition) is 3. The first-order valence-electron chi connectivity index (χ1n) is 8.61. The first-order valence-corrected chi connectivity index (χ1v) is 10.2. The monoisotopic (exact) mass is 432 g/mol. The topological polar surface area (TPSA) is 25.2 Å². The summed E-state index contributed by atoms with van der Waals surface area (Å²) in [5.41, 5.74) is 4.18. The third-order valence-electron chi connectivity index (χ3n) is 4.13. The van der Waals surface area contributed by atoms with Gasteiger partial charge in [0.2, 0.25) is 0 Å². The van der Waals surface area contributed by atoms with Crippen molar-refractivity contribution in [3.8, 4) is 0 Å². The molecule has 0 atom stereocenters. The highest BCUT2D eigenvalue weighted by Crippen LogP contribution is 2.31. The van der Waals surface area contributed by atoms with Gasteiger partial charge in [-0.2, -0.15) is 0 Å². The molecule has 132 valence electrons. The van der Waals surface area contributed by atoms with Crippen LogP contribution in [0.2, 0.25) is 0 Å². The second-order valence-electron chi connectivity index (χ2n) is 6.23. The average molecular weight is 433 g/mol. The molecular formula is C23H17BrN2S. The standard InChI is InChI=1S/C23H17BrN2S/c1-16-6-12-21(13-7-16)27-23-18(14-17-4-2-3-5-22(17)26-23)15-25-20-10-8-19(24)9-11-20/h2-15H,1H3. The van der Waals surface area contributed by atoms with Crippen LogP contribution in [0.5, 0.6) is 0 Å². The van der Waals surface area contributed by atoms with Crippen molar-refractivity contribution in [2.45, 2.75) is 16.8 Å². The van der Waals surface area contributed by atoms with E-state index in [0.29, 0.717) is 0 Å². The summed E-state index contributed by atoms with van der Waals surface area (Å²) in [7, 11) is 0. The minimum atomic E-state index is 0.914. The molecule has 0 N–H and O–H groups in total. The molecule has 0 spiro atoms. The molecule has 0 aliphatic heterocycles. The molecule has 0 aliphatic carbocycles. The fraction of sp³-hybridized carbons (Fsp3) is 0.0435. The van der Waals surface area contributed by atoms with Gasteiger partial charge in [-0.25, -0.2) is 4.98 Å². The van der Waals surface area contributed by atoms with E-state index in [1.807, 2.05) is 48.7 Å². The van der Waals surface area contributed by atoms with Crippen molar-refractivity contribution in [3.05, 3.63) is 94.5 Å². The maximum absolute atomic E-state index is 4.88. The van der Waals surface area contributed by atoms with Crippen LogP contribution >= 0.6 is 27.7 Å². The maximum Gasteiger partial charge on any atom is 0.110 e. The summed E-state index contributed by atoms with van der Waals surface area (Å²) in [5.74, 6) is 0. The van der Waals surface area contributed by atoms with E-state index < -0.39 is 0 Å². The lowest BCUT2D eigenvalue weighted by atomic mass is 10.2. The summed E-state index contributed by atoms with van der Waals surface area (Å²) >= 11 is 5.12. The van der Waals surface area contributed by atoms with Crippen molar-refractivity contribution in [1.29, 1.82) is 0 Å². The Hall–Kier alpha value is -2.43. The molecule has 0 radical (unpaired) electrons. The zero-order valence-corrected chi connectivity index (χ0v) is 17.2. The lowest BCUT2D eigenvalue weighted by Gasteiger charge is -2.08. The predicted octanol–water partition coefficient (Wildman–Crippen LogP) is 7.21. The Labute approximate surface area is 171 Å². The summed E-state index contributed by atoms with van der Waals surface area (Å²) in [6, 6.07) is 26.8. The molecule has 1 aromatic heterocycles. The lowest BCUT2D eigenvalue weighted by Crippen LogP contribution is -1.92. The lowest BCUT2D eigenvalue weighted by molar-refractivity contribution is 1.17. The summed E-state index contributed by atoms with van der Waals surface area (Å²) in [6.07, 6.45) is 1.90. The first kappa shape index (κ1) is 18.0. The van der Waals surface area contributed by atoms with Gasteiger partial charge in [-0.3, -0.25) is 4.99 Å². The highest BCUT2D eigenvalue weighted by Gasteiger charge is 2.08. The molecular weight excluding hydrogens is 416 g/mol. The third kappa shape index (κ3) is 4.46. The Morgan fingerprint density at radius 2 is 1.67 bits per heavy atom. The van der Waals surface area contributed by atoms with Crippen molar-refractivity contribution in [2.24, 2.45) is 4.99 Å². The van der Waals surface area contributed by atoms with E-state index in [1.54, 1.807) is 11.8 Å². The van der Waals surface area contributed by atoms with Crippen LogP contribution in [0.4, 0.5) is 5.69 Å². The highest BCUT2D eigenvalue weighted by molar-refractivity contribution is 9.10. The molecule has 0 fully saturated rings. The summed E-state index contributed by atoms with van der Waals surface area (Å²) in [4.78, 5) is 10.7. The van der Waals surface area contributed by atoms with Crippen molar-refractivity contribution < 1.29 is 0 Å². The number of para-hydroxylation sites is 1. The molecule has 0 bridgehead atoms. The van der Waals surface area contributed by atoms with Gasteiger partial charge in [0, 0.05) is 26.5 Å². The summed E-state index contributed by atoms with van der Waals surface area (Å²) in [5, 5.41) is 2.07. The Bertz CT molecular complexity index is 1100. The number of aryl methyl sites for hydroxylation is 1. The predicted molar refractivity (Wildman–Crippen MR) is 118 cm³/mol. The number of halogens is 1. The van der Waals surface area contributed by atoms with Gasteiger partial charge in [-0.1, -0.05) is 63.6 Å². The zero-order valence-electron chi connectivity index (χ0n) is 14.8. The number of nitrogens with zero attached hydrogens (tertiary/aromatic N) is 2. The number of hydrogen-bond donors (Lipinski definition) is 0. The number of aromatic nitrogens is 1. The molecule has 2 nitrogen and oxygen atoms in total. The van der Waals surface area contributed by atoms with Gasteiger partial charge in [0.05, 0.1) is 11.2 Å². The largest absolute Gasteiger partial charge is 0.256 e. The van der Waals surface area contributed by atoms with Crippen LogP contribution in [0.1, 0.15) is 11.1 Å². The average Bonchev–Trinajstić information content (AvgIpc) is 2.69. The van der Waals surface area contributed by atoms with E-state index in [2.05, 4.69) is 64.2 Å². The van der Waals surface area contributed by atoms with Crippen LogP contribution in [-0.4, -0.2) is 11.2 Å². The van der Waals surface area contributed by atoms with Crippen LogP contribution < -0.4 is 0 Å². The molecule has 4 heteroatoms. The van der Waals surface area contributed by atoms with E-state index in [9.17, 15) is 0 Å². The Balaban J connectivity index is 1.74. The van der Waals surface area contributed by atoms with Crippen LogP contribution in [0.3, 0.4) is 0 Å². The Kier molecular flexibility index (Phi) is 5.37. The van der Waals surface area contributed by atoms with Crippen molar-refractivity contribution in [2.75, 3.05) is 0 Å². The third-order valence-corrected chi connectivity index (χ3v) is 5.69. The molecule has 4 rings (SSSR count). The fourth-order valence-electron chi connectivity index (χ4n) is 2.68. The van der Waals surface area contributed by atoms with Gasteiger partial charge < -0.3 is 0 Å². The van der Waals surface area contributed by atoms with Crippen molar-refractivity contribution in [1.82, 2.24) is 4.98 Å².